The summed E-state index contributed by atoms with van der Waals surface area (Å²) in [7, 11) is 1.95. The lowest BCUT2D eigenvalue weighted by Gasteiger charge is -2.15. The van der Waals surface area contributed by atoms with Crippen molar-refractivity contribution in [3.8, 4) is 34.4 Å². The number of rotatable bonds is 5. The molecule has 218 valence electrons. The molecule has 0 aliphatic heterocycles. The van der Waals surface area contributed by atoms with Crippen molar-refractivity contribution in [3.05, 3.63) is 81.7 Å². The van der Waals surface area contributed by atoms with Crippen molar-refractivity contribution in [1.29, 1.82) is 0 Å². The molecular formula is C36H44N6. The van der Waals surface area contributed by atoms with E-state index in [1.54, 1.807) is 0 Å². The maximum Gasteiger partial charge on any atom is 0.121 e. The number of aryl methyl sites for hydroxylation is 4. The van der Waals surface area contributed by atoms with Gasteiger partial charge in [0.2, 0.25) is 0 Å². The Labute approximate surface area is 250 Å². The second-order valence-corrected chi connectivity index (χ2v) is 12.9. The molecule has 4 N–H and O–H groups in total. The molecule has 3 aliphatic carbocycles. The van der Waals surface area contributed by atoms with E-state index < -0.39 is 0 Å². The highest BCUT2D eigenvalue weighted by Crippen LogP contribution is 2.38. The van der Waals surface area contributed by atoms with Gasteiger partial charge in [-0.15, -0.1) is 0 Å². The topological polar surface area (TPSA) is 81.4 Å². The maximum atomic E-state index is 4.97. The minimum atomic E-state index is 0.625. The largest absolute Gasteiger partial charge is 0.344 e. The Kier molecular flexibility index (Phi) is 8.07. The van der Waals surface area contributed by atoms with Crippen LogP contribution >= 0.6 is 0 Å². The van der Waals surface area contributed by atoms with E-state index in [0.717, 1.165) is 90.7 Å². The third-order valence-electron chi connectivity index (χ3n) is 8.69. The van der Waals surface area contributed by atoms with Gasteiger partial charge in [-0.25, -0.2) is 9.97 Å². The average Bonchev–Trinajstić information content (AvgIpc) is 3.30. The summed E-state index contributed by atoms with van der Waals surface area (Å²) in [6.07, 6.45) is 4.02. The highest BCUT2D eigenvalue weighted by Gasteiger charge is 2.42. The van der Waals surface area contributed by atoms with Gasteiger partial charge in [0.15, 0.2) is 0 Å². The number of imidazole rings is 2. The predicted octanol–water partition coefficient (Wildman–Crippen LogP) is 6.19. The number of hydrogen-bond donors (Lipinski definition) is 4. The zero-order valence-electron chi connectivity index (χ0n) is 25.9. The SMILES string of the molecule is CC(C)C.CNCc1nc2c([nH]1)CCc1cc(C#Cc3ccc4c(c3)CCc3[nH]c(CNC5C(C)[C@H]5C)nc3-4)ccc1-2. The number of benzene rings is 2. The first-order valence-corrected chi connectivity index (χ1v) is 15.6. The lowest BCUT2D eigenvalue weighted by atomic mass is 9.90. The molecule has 0 amide bonds. The molecule has 7 rings (SSSR count). The van der Waals surface area contributed by atoms with Crippen LogP contribution in [0.2, 0.25) is 0 Å². The molecule has 3 aliphatic rings. The van der Waals surface area contributed by atoms with Crippen molar-refractivity contribution in [3.63, 3.8) is 0 Å². The third-order valence-corrected chi connectivity index (χ3v) is 8.69. The number of H-pyrrole nitrogens is 2. The lowest BCUT2D eigenvalue weighted by Crippen LogP contribution is -2.19. The molecule has 1 fully saturated rings. The van der Waals surface area contributed by atoms with Gasteiger partial charge in [-0.05, 0) is 85.9 Å². The second-order valence-electron chi connectivity index (χ2n) is 12.9. The van der Waals surface area contributed by atoms with Crippen molar-refractivity contribution in [2.45, 2.75) is 79.4 Å². The minimum Gasteiger partial charge on any atom is -0.344 e. The fourth-order valence-electron chi connectivity index (χ4n) is 6.20. The van der Waals surface area contributed by atoms with Crippen LogP contribution in [0.25, 0.3) is 22.5 Å². The Morgan fingerprint density at radius 2 is 1.24 bits per heavy atom. The summed E-state index contributed by atoms with van der Waals surface area (Å²) in [5, 5.41) is 6.83. The van der Waals surface area contributed by atoms with Crippen LogP contribution in [0.15, 0.2) is 36.4 Å². The van der Waals surface area contributed by atoms with E-state index in [1.807, 2.05) is 7.05 Å². The molecule has 0 bridgehead atoms. The first-order chi connectivity index (χ1) is 20.3. The van der Waals surface area contributed by atoms with Crippen LogP contribution in [-0.4, -0.2) is 33.0 Å². The number of nitrogens with zero attached hydrogens (tertiary/aromatic N) is 2. The summed E-state index contributed by atoms with van der Waals surface area (Å²) in [5.41, 5.74) is 12.0. The average molecular weight is 561 g/mol. The van der Waals surface area contributed by atoms with Crippen LogP contribution in [0.1, 0.15) is 79.9 Å². The number of nitrogens with one attached hydrogen (secondary N) is 4. The van der Waals surface area contributed by atoms with Crippen LogP contribution < -0.4 is 10.6 Å². The van der Waals surface area contributed by atoms with E-state index in [-0.39, 0.29) is 0 Å². The molecule has 4 aromatic rings. The van der Waals surface area contributed by atoms with Crippen LogP contribution in [0, 0.1) is 29.6 Å². The fourth-order valence-corrected chi connectivity index (χ4v) is 6.20. The van der Waals surface area contributed by atoms with Crippen molar-refractivity contribution in [1.82, 2.24) is 30.6 Å². The van der Waals surface area contributed by atoms with Gasteiger partial charge >= 0.3 is 0 Å². The van der Waals surface area contributed by atoms with Gasteiger partial charge in [0.1, 0.15) is 11.6 Å². The second kappa shape index (κ2) is 11.9. The van der Waals surface area contributed by atoms with Crippen molar-refractivity contribution in [2.24, 2.45) is 17.8 Å². The number of aromatic amines is 2. The molecule has 6 nitrogen and oxygen atoms in total. The molecular weight excluding hydrogens is 516 g/mol. The van der Waals surface area contributed by atoms with E-state index in [0.29, 0.717) is 6.04 Å². The quantitative estimate of drug-likeness (QED) is 0.220. The van der Waals surface area contributed by atoms with Crippen molar-refractivity contribution >= 4 is 0 Å². The van der Waals surface area contributed by atoms with Gasteiger partial charge < -0.3 is 20.6 Å². The molecule has 2 heterocycles. The van der Waals surface area contributed by atoms with Crippen LogP contribution in [0.4, 0.5) is 0 Å². The van der Waals surface area contributed by atoms with Crippen LogP contribution in [0.3, 0.4) is 0 Å². The first kappa shape index (κ1) is 28.5. The van der Waals surface area contributed by atoms with Gasteiger partial charge in [0.05, 0.1) is 24.5 Å². The van der Waals surface area contributed by atoms with E-state index in [9.17, 15) is 0 Å². The monoisotopic (exact) mass is 560 g/mol. The van der Waals surface area contributed by atoms with E-state index in [1.165, 1.54) is 33.6 Å². The molecule has 0 saturated heterocycles. The normalized spacial score (nSPS) is 19.5. The molecule has 2 unspecified atom stereocenters. The third kappa shape index (κ3) is 5.95. The number of aromatic nitrogens is 4. The smallest absolute Gasteiger partial charge is 0.121 e. The van der Waals surface area contributed by atoms with Gasteiger partial charge in [-0.2, -0.15) is 0 Å². The van der Waals surface area contributed by atoms with Gasteiger partial charge in [0, 0.05) is 39.7 Å². The molecule has 0 radical (unpaired) electrons. The summed E-state index contributed by atoms with van der Waals surface area (Å²) >= 11 is 0. The lowest BCUT2D eigenvalue weighted by molar-refractivity contribution is 0.621. The number of fused-ring (bicyclic) bond motifs is 6. The summed E-state index contributed by atoms with van der Waals surface area (Å²) in [4.78, 5) is 16.8. The molecule has 3 atom stereocenters. The zero-order chi connectivity index (χ0) is 29.4. The minimum absolute atomic E-state index is 0.625. The molecule has 6 heteroatoms. The summed E-state index contributed by atoms with van der Waals surface area (Å²) in [6, 6.07) is 13.8. The molecule has 2 aromatic carbocycles. The first-order valence-electron chi connectivity index (χ1n) is 15.6. The van der Waals surface area contributed by atoms with Crippen molar-refractivity contribution < 1.29 is 0 Å². The molecule has 1 saturated carbocycles. The number of hydrogen-bond acceptors (Lipinski definition) is 4. The van der Waals surface area contributed by atoms with Gasteiger partial charge in [0.25, 0.3) is 0 Å². The highest BCUT2D eigenvalue weighted by molar-refractivity contribution is 5.71. The Bertz CT molecular complexity index is 1630. The molecule has 0 spiro atoms. The zero-order valence-corrected chi connectivity index (χ0v) is 25.9. The van der Waals surface area contributed by atoms with Crippen LogP contribution in [0.5, 0.6) is 0 Å². The van der Waals surface area contributed by atoms with E-state index in [4.69, 9.17) is 9.97 Å². The Morgan fingerprint density at radius 1 is 0.762 bits per heavy atom. The summed E-state index contributed by atoms with van der Waals surface area (Å²) in [6.45, 7) is 12.7. The Hall–Kier alpha value is -3.66. The fraction of sp³-hybridized carbons (Fsp3) is 0.444. The van der Waals surface area contributed by atoms with E-state index >= 15 is 0 Å². The van der Waals surface area contributed by atoms with Gasteiger partial charge in [-0.1, -0.05) is 58.6 Å². The highest BCUT2D eigenvalue weighted by atomic mass is 15.0. The van der Waals surface area contributed by atoms with Crippen LogP contribution in [-0.2, 0) is 38.8 Å². The summed E-state index contributed by atoms with van der Waals surface area (Å²) < 4.78 is 0. The Morgan fingerprint density at radius 3 is 1.69 bits per heavy atom. The predicted molar refractivity (Wildman–Crippen MR) is 171 cm³/mol. The van der Waals surface area contributed by atoms with Gasteiger partial charge in [-0.3, -0.25) is 0 Å². The Balaban J connectivity index is 0.000000744. The molecule has 2 aromatic heterocycles. The summed E-state index contributed by atoms with van der Waals surface area (Å²) in [5.74, 6) is 11.2. The van der Waals surface area contributed by atoms with E-state index in [2.05, 4.69) is 103 Å². The maximum absolute atomic E-state index is 4.97. The standard InChI is InChI=1S/C32H34N6.C4H10/c1-18-19(2)30(18)34-17-29-36-27-13-9-23-15-21(7-11-25(23)32(27)38-29)5-4-20-6-10-24-22(14-20)8-12-26-31(24)37-28(35-26)16-33-3;1-4(2)3/h6-7,10-11,14-15,18-19,30,33-34H,8-9,12-13,16-17H2,1-3H3,(H,35,37)(H,36,38);4H,1-3H3/t18-,19?,30?;/m1./s1. The van der Waals surface area contributed by atoms with Crippen molar-refractivity contribution in [2.75, 3.05) is 7.05 Å². The molecule has 42 heavy (non-hydrogen) atoms.